The Labute approximate surface area is 205 Å². The second-order valence-corrected chi connectivity index (χ2v) is 9.32. The summed E-state index contributed by atoms with van der Waals surface area (Å²) in [7, 11) is 0. The molecule has 0 saturated heterocycles. The van der Waals surface area contributed by atoms with Gasteiger partial charge in [0.25, 0.3) is 0 Å². The summed E-state index contributed by atoms with van der Waals surface area (Å²) in [5.74, 6) is 1.29. The summed E-state index contributed by atoms with van der Waals surface area (Å²) in [6, 6.07) is 11.1. The molecule has 0 aliphatic carbocycles. The van der Waals surface area contributed by atoms with Gasteiger partial charge in [0.2, 0.25) is 5.91 Å². The lowest BCUT2D eigenvalue weighted by Gasteiger charge is -2.16. The highest BCUT2D eigenvalue weighted by molar-refractivity contribution is 9.10. The van der Waals surface area contributed by atoms with Gasteiger partial charge in [0.05, 0.1) is 10.8 Å². The molecule has 0 aliphatic heterocycles. The summed E-state index contributed by atoms with van der Waals surface area (Å²) in [6.45, 7) is 10.2. The second-order valence-electron chi connectivity index (χ2n) is 7.11. The molecule has 9 heteroatoms. The maximum absolute atomic E-state index is 12.6. The molecule has 6 nitrogen and oxygen atoms in total. The lowest BCUT2D eigenvalue weighted by Crippen LogP contribution is -2.16. The van der Waals surface area contributed by atoms with Crippen LogP contribution in [0.3, 0.4) is 0 Å². The SMILES string of the molecule is C=CCn1c(SCC(=O)Nc2ccc(Br)c(C)c2C)nnc1C(C)Oc1ccccc1Cl. The molecule has 0 aliphatic rings. The Morgan fingerprint density at radius 3 is 2.75 bits per heavy atom. The summed E-state index contributed by atoms with van der Waals surface area (Å²) < 4.78 is 8.89. The monoisotopic (exact) mass is 534 g/mol. The minimum atomic E-state index is -0.390. The number of amides is 1. The van der Waals surface area contributed by atoms with E-state index in [1.807, 2.05) is 49.6 Å². The molecule has 0 fully saturated rings. The van der Waals surface area contributed by atoms with Crippen LogP contribution in [0.1, 0.15) is 30.0 Å². The Hall–Kier alpha value is -2.29. The van der Waals surface area contributed by atoms with Gasteiger partial charge in [0.15, 0.2) is 17.1 Å². The fraction of sp³-hybridized carbons (Fsp3) is 0.261. The zero-order valence-electron chi connectivity index (χ0n) is 18.1. The van der Waals surface area contributed by atoms with E-state index in [2.05, 4.69) is 38.0 Å². The quantitative estimate of drug-likeness (QED) is 0.255. The Balaban J connectivity index is 1.70. The number of ether oxygens (including phenoxy) is 1. The van der Waals surface area contributed by atoms with Crippen LogP contribution in [0.2, 0.25) is 5.02 Å². The molecule has 32 heavy (non-hydrogen) atoms. The van der Waals surface area contributed by atoms with Crippen LogP contribution in [0.15, 0.2) is 58.7 Å². The average Bonchev–Trinajstić information content (AvgIpc) is 3.17. The van der Waals surface area contributed by atoms with Crippen LogP contribution >= 0.6 is 39.3 Å². The third-order valence-electron chi connectivity index (χ3n) is 4.89. The van der Waals surface area contributed by atoms with E-state index in [1.54, 1.807) is 18.2 Å². The molecule has 2 aromatic carbocycles. The molecule has 3 aromatic rings. The van der Waals surface area contributed by atoms with Gasteiger partial charge in [0, 0.05) is 16.7 Å². The van der Waals surface area contributed by atoms with Gasteiger partial charge in [-0.3, -0.25) is 9.36 Å². The first-order valence-electron chi connectivity index (χ1n) is 9.95. The van der Waals surface area contributed by atoms with Crippen molar-refractivity contribution in [3.8, 4) is 5.75 Å². The number of hydrogen-bond acceptors (Lipinski definition) is 5. The van der Waals surface area contributed by atoms with Crippen molar-refractivity contribution >= 4 is 50.9 Å². The number of carbonyl (C=O) groups is 1. The fourth-order valence-electron chi connectivity index (χ4n) is 3.03. The minimum absolute atomic E-state index is 0.116. The molecule has 1 heterocycles. The zero-order valence-corrected chi connectivity index (χ0v) is 21.2. The van der Waals surface area contributed by atoms with Crippen LogP contribution in [-0.4, -0.2) is 26.4 Å². The minimum Gasteiger partial charge on any atom is -0.481 e. The normalized spacial score (nSPS) is 11.8. The van der Waals surface area contributed by atoms with Crippen LogP contribution in [0.4, 0.5) is 5.69 Å². The molecule has 1 amide bonds. The highest BCUT2D eigenvalue weighted by Gasteiger charge is 2.20. The standard InChI is InChI=1S/C23H24BrClN4O2S/c1-5-12-29-22(16(4)31-20-9-7-6-8-18(20)25)27-28-23(29)32-13-21(30)26-19-11-10-17(24)14(2)15(19)3/h5-11,16H,1,12-13H2,2-4H3,(H,26,30). The molecular weight excluding hydrogens is 512 g/mol. The second kappa shape index (κ2) is 11.0. The van der Waals surface area contributed by atoms with Crippen molar-refractivity contribution in [2.45, 2.75) is 38.6 Å². The van der Waals surface area contributed by atoms with Gasteiger partial charge in [0.1, 0.15) is 5.75 Å². The molecule has 0 spiro atoms. The predicted octanol–water partition coefficient (Wildman–Crippen LogP) is 6.37. The number of rotatable bonds is 9. The first-order valence-corrected chi connectivity index (χ1v) is 12.1. The molecule has 1 N–H and O–H groups in total. The fourth-order valence-corrected chi connectivity index (χ4v) is 4.40. The summed E-state index contributed by atoms with van der Waals surface area (Å²) in [5.41, 5.74) is 2.92. The molecule has 1 atom stereocenters. The van der Waals surface area contributed by atoms with Crippen LogP contribution in [0, 0.1) is 13.8 Å². The number of hydrogen-bond donors (Lipinski definition) is 1. The third-order valence-corrected chi connectivity index (χ3v) is 7.03. The largest absolute Gasteiger partial charge is 0.481 e. The van der Waals surface area contributed by atoms with Crippen LogP contribution in [0.5, 0.6) is 5.75 Å². The van der Waals surface area contributed by atoms with Crippen molar-refractivity contribution in [3.05, 3.63) is 75.5 Å². The van der Waals surface area contributed by atoms with Gasteiger partial charge in [-0.1, -0.05) is 57.5 Å². The lowest BCUT2D eigenvalue weighted by molar-refractivity contribution is -0.113. The number of para-hydroxylation sites is 1. The number of benzene rings is 2. The van der Waals surface area contributed by atoms with E-state index in [4.69, 9.17) is 16.3 Å². The van der Waals surface area contributed by atoms with Crippen molar-refractivity contribution in [3.63, 3.8) is 0 Å². The summed E-state index contributed by atoms with van der Waals surface area (Å²) in [6.07, 6.45) is 1.37. The smallest absolute Gasteiger partial charge is 0.234 e. The number of thioether (sulfide) groups is 1. The van der Waals surface area contributed by atoms with Crippen molar-refractivity contribution in [2.24, 2.45) is 0 Å². The number of halogens is 2. The molecule has 1 unspecified atom stereocenters. The molecule has 0 bridgehead atoms. The van der Waals surface area contributed by atoms with Gasteiger partial charge < -0.3 is 10.1 Å². The number of anilines is 1. The van der Waals surface area contributed by atoms with Crippen LogP contribution in [-0.2, 0) is 11.3 Å². The zero-order chi connectivity index (χ0) is 23.3. The van der Waals surface area contributed by atoms with Gasteiger partial charge in [-0.25, -0.2) is 0 Å². The van der Waals surface area contributed by atoms with Gasteiger partial charge in [-0.2, -0.15) is 0 Å². The molecule has 0 saturated carbocycles. The van der Waals surface area contributed by atoms with E-state index < -0.39 is 0 Å². The molecule has 1 aromatic heterocycles. The highest BCUT2D eigenvalue weighted by atomic mass is 79.9. The maximum Gasteiger partial charge on any atom is 0.234 e. The van der Waals surface area contributed by atoms with Crippen LogP contribution in [0.25, 0.3) is 0 Å². The number of aromatic nitrogens is 3. The van der Waals surface area contributed by atoms with Crippen LogP contribution < -0.4 is 10.1 Å². The summed E-state index contributed by atoms with van der Waals surface area (Å²) in [5, 5.41) is 12.7. The van der Waals surface area contributed by atoms with Crippen molar-refractivity contribution in [1.29, 1.82) is 0 Å². The van der Waals surface area contributed by atoms with E-state index in [0.29, 0.717) is 28.3 Å². The van der Waals surface area contributed by atoms with Crippen molar-refractivity contribution < 1.29 is 9.53 Å². The average molecular weight is 536 g/mol. The molecule has 0 radical (unpaired) electrons. The third kappa shape index (κ3) is 5.74. The Bertz CT molecular complexity index is 1140. The van der Waals surface area contributed by atoms with E-state index in [9.17, 15) is 4.79 Å². The van der Waals surface area contributed by atoms with E-state index >= 15 is 0 Å². The number of carbonyl (C=O) groups excluding carboxylic acids is 1. The van der Waals surface area contributed by atoms with Crippen molar-refractivity contribution in [1.82, 2.24) is 14.8 Å². The van der Waals surface area contributed by atoms with E-state index in [0.717, 1.165) is 21.3 Å². The number of allylic oxidation sites excluding steroid dienone is 1. The number of nitrogens with one attached hydrogen (secondary N) is 1. The van der Waals surface area contributed by atoms with Crippen molar-refractivity contribution in [2.75, 3.05) is 11.1 Å². The first kappa shape index (κ1) is 24.4. The molecule has 168 valence electrons. The van der Waals surface area contributed by atoms with E-state index in [-0.39, 0.29) is 17.8 Å². The van der Waals surface area contributed by atoms with Gasteiger partial charge in [-0.05, 0) is 56.2 Å². The highest BCUT2D eigenvalue weighted by Crippen LogP contribution is 2.30. The predicted molar refractivity (Wildman–Crippen MR) is 134 cm³/mol. The van der Waals surface area contributed by atoms with Gasteiger partial charge in [-0.15, -0.1) is 16.8 Å². The first-order chi connectivity index (χ1) is 15.3. The summed E-state index contributed by atoms with van der Waals surface area (Å²) in [4.78, 5) is 12.6. The lowest BCUT2D eigenvalue weighted by atomic mass is 10.1. The summed E-state index contributed by atoms with van der Waals surface area (Å²) >= 11 is 11.0. The topological polar surface area (TPSA) is 69.0 Å². The maximum atomic E-state index is 12.6. The van der Waals surface area contributed by atoms with E-state index in [1.165, 1.54) is 11.8 Å². The Morgan fingerprint density at radius 1 is 1.28 bits per heavy atom. The Morgan fingerprint density at radius 2 is 2.03 bits per heavy atom. The molecule has 3 rings (SSSR count). The Kier molecular flexibility index (Phi) is 8.39. The molecular formula is C23H24BrClN4O2S. The van der Waals surface area contributed by atoms with Gasteiger partial charge >= 0.3 is 0 Å². The number of nitrogens with zero attached hydrogens (tertiary/aromatic N) is 3.